The van der Waals surface area contributed by atoms with E-state index in [0.29, 0.717) is 39.1 Å². The van der Waals surface area contributed by atoms with Crippen LogP contribution in [0.1, 0.15) is 19.3 Å². The Labute approximate surface area is 160 Å². The third-order valence-electron chi connectivity index (χ3n) is 4.32. The number of hydrogen-bond donors (Lipinski definition) is 1. The third kappa shape index (κ3) is 4.83. The summed E-state index contributed by atoms with van der Waals surface area (Å²) in [6.45, 7) is 2.18. The van der Waals surface area contributed by atoms with E-state index in [1.165, 1.54) is 10.5 Å². The van der Waals surface area contributed by atoms with Crippen molar-refractivity contribution in [1.82, 2.24) is 14.1 Å². The predicted molar refractivity (Wildman–Crippen MR) is 102 cm³/mol. The molecule has 0 spiro atoms. The maximum atomic E-state index is 12.8. The number of ether oxygens (including phenoxy) is 1. The zero-order valence-electron chi connectivity index (χ0n) is 14.5. The molecule has 1 aromatic heterocycles. The molecule has 0 saturated carbocycles. The zero-order chi connectivity index (χ0) is 17.7. The summed E-state index contributed by atoms with van der Waals surface area (Å²) < 4.78 is 34.5. The molecular weight excluding hydrogens is 376 g/mol. The molecule has 7 nitrogen and oxygen atoms in total. The minimum Gasteiger partial charge on any atom is -0.378 e. The van der Waals surface area contributed by atoms with Crippen LogP contribution < -0.4 is 5.73 Å². The molecule has 0 aliphatic carbocycles. The summed E-state index contributed by atoms with van der Waals surface area (Å²) in [6.07, 6.45) is 5.33. The molecule has 0 unspecified atom stereocenters. The van der Waals surface area contributed by atoms with Gasteiger partial charge in [0.1, 0.15) is 4.90 Å². The number of para-hydroxylation sites is 1. The van der Waals surface area contributed by atoms with Crippen LogP contribution in [-0.4, -0.2) is 54.8 Å². The first kappa shape index (κ1) is 20.9. The second-order valence-corrected chi connectivity index (χ2v) is 8.01. The quantitative estimate of drug-likeness (QED) is 0.716. The highest BCUT2D eigenvalue weighted by molar-refractivity contribution is 7.89. The summed E-state index contributed by atoms with van der Waals surface area (Å²) in [5.74, 6) is 0. The van der Waals surface area contributed by atoms with Crippen molar-refractivity contribution >= 4 is 22.4 Å². The molecule has 1 aromatic carbocycles. The smallest absolute Gasteiger partial charge is 0.246 e. The van der Waals surface area contributed by atoms with Crippen molar-refractivity contribution in [2.24, 2.45) is 5.73 Å². The van der Waals surface area contributed by atoms with Crippen LogP contribution in [0.3, 0.4) is 0 Å². The fourth-order valence-electron chi connectivity index (χ4n) is 2.88. The molecule has 0 bridgehead atoms. The van der Waals surface area contributed by atoms with Crippen LogP contribution in [0.2, 0.25) is 0 Å². The molecule has 2 aromatic rings. The lowest BCUT2D eigenvalue weighted by molar-refractivity contribution is 0.0209. The Morgan fingerprint density at radius 3 is 2.54 bits per heavy atom. The minimum absolute atomic E-state index is 0. The van der Waals surface area contributed by atoms with Crippen molar-refractivity contribution in [3.63, 3.8) is 0 Å². The average Bonchev–Trinajstić information content (AvgIpc) is 3.14. The monoisotopic (exact) mass is 400 g/mol. The summed E-state index contributed by atoms with van der Waals surface area (Å²) in [4.78, 5) is 0.221. The fourth-order valence-corrected chi connectivity index (χ4v) is 4.29. The lowest BCUT2D eigenvalue weighted by Gasteiger charge is -2.30. The summed E-state index contributed by atoms with van der Waals surface area (Å²) in [6, 6.07) is 9.45. The van der Waals surface area contributed by atoms with Gasteiger partial charge in [-0.3, -0.25) is 0 Å². The molecule has 0 atom stereocenters. The molecule has 1 fully saturated rings. The largest absolute Gasteiger partial charge is 0.378 e. The van der Waals surface area contributed by atoms with Gasteiger partial charge < -0.3 is 10.5 Å². The minimum atomic E-state index is -3.52. The summed E-state index contributed by atoms with van der Waals surface area (Å²) in [5.41, 5.74) is 6.29. The Balaban J connectivity index is 0.00000243. The van der Waals surface area contributed by atoms with Gasteiger partial charge in [-0.2, -0.15) is 9.40 Å². The van der Waals surface area contributed by atoms with Gasteiger partial charge in [0.2, 0.25) is 10.0 Å². The molecule has 0 radical (unpaired) electrons. The Morgan fingerprint density at radius 2 is 1.88 bits per heavy atom. The first-order valence-electron chi connectivity index (χ1n) is 8.53. The van der Waals surface area contributed by atoms with Gasteiger partial charge in [0.05, 0.1) is 24.2 Å². The molecule has 2 N–H and O–H groups in total. The maximum Gasteiger partial charge on any atom is 0.246 e. The highest BCUT2D eigenvalue weighted by atomic mass is 35.5. The molecule has 1 aliphatic rings. The molecule has 26 heavy (non-hydrogen) atoms. The molecule has 1 saturated heterocycles. The Kier molecular flexibility index (Phi) is 7.60. The Hall–Kier alpha value is -1.45. The van der Waals surface area contributed by atoms with E-state index in [0.717, 1.165) is 12.1 Å². The molecule has 1 aliphatic heterocycles. The molecule has 144 valence electrons. The lowest BCUT2D eigenvalue weighted by atomic mass is 10.1. The normalized spacial score (nSPS) is 16.3. The number of nitrogens with zero attached hydrogens (tertiary/aromatic N) is 3. The Morgan fingerprint density at radius 1 is 1.19 bits per heavy atom. The van der Waals surface area contributed by atoms with Crippen LogP contribution in [0.4, 0.5) is 0 Å². The van der Waals surface area contributed by atoms with Crippen LogP contribution in [0.15, 0.2) is 47.6 Å². The van der Waals surface area contributed by atoms with Crippen LogP contribution >= 0.6 is 12.4 Å². The van der Waals surface area contributed by atoms with E-state index in [1.807, 2.05) is 30.3 Å². The van der Waals surface area contributed by atoms with Crippen LogP contribution in [0, 0.1) is 0 Å². The summed E-state index contributed by atoms with van der Waals surface area (Å²) in [5, 5.41) is 4.19. The zero-order valence-corrected chi connectivity index (χ0v) is 16.2. The van der Waals surface area contributed by atoms with Crippen molar-refractivity contribution in [2.45, 2.75) is 30.3 Å². The van der Waals surface area contributed by atoms with Crippen LogP contribution in [0.25, 0.3) is 5.69 Å². The molecule has 2 heterocycles. The van der Waals surface area contributed by atoms with E-state index in [4.69, 9.17) is 10.5 Å². The number of rotatable bonds is 7. The Bertz CT molecular complexity index is 774. The highest BCUT2D eigenvalue weighted by Gasteiger charge is 2.30. The van der Waals surface area contributed by atoms with Gasteiger partial charge in [0.25, 0.3) is 0 Å². The van der Waals surface area contributed by atoms with Crippen LogP contribution in [-0.2, 0) is 14.8 Å². The molecule has 3 rings (SSSR count). The fraction of sp³-hybridized carbons (Fsp3) is 0.471. The average molecular weight is 401 g/mol. The predicted octanol–water partition coefficient (Wildman–Crippen LogP) is 1.81. The molecular formula is C17H25ClN4O3S. The second kappa shape index (κ2) is 9.48. The molecule has 9 heteroatoms. The number of hydrogen-bond acceptors (Lipinski definition) is 5. The number of halogens is 1. The van der Waals surface area contributed by atoms with Crippen molar-refractivity contribution in [2.75, 3.05) is 26.2 Å². The number of aromatic nitrogens is 2. The van der Waals surface area contributed by atoms with Gasteiger partial charge in [-0.1, -0.05) is 18.2 Å². The second-order valence-electron chi connectivity index (χ2n) is 6.07. The van der Waals surface area contributed by atoms with Crippen LogP contribution in [0.5, 0.6) is 0 Å². The number of benzene rings is 1. The first-order chi connectivity index (χ1) is 12.1. The van der Waals surface area contributed by atoms with Gasteiger partial charge in [-0.05, 0) is 37.9 Å². The highest BCUT2D eigenvalue weighted by Crippen LogP contribution is 2.22. The van der Waals surface area contributed by atoms with E-state index in [9.17, 15) is 8.42 Å². The van der Waals surface area contributed by atoms with Crippen molar-refractivity contribution in [1.29, 1.82) is 0 Å². The summed E-state index contributed by atoms with van der Waals surface area (Å²) >= 11 is 0. The third-order valence-corrected chi connectivity index (χ3v) is 6.17. The van der Waals surface area contributed by atoms with Crippen molar-refractivity contribution in [3.8, 4) is 5.69 Å². The van der Waals surface area contributed by atoms with Gasteiger partial charge >= 0.3 is 0 Å². The van der Waals surface area contributed by atoms with Gasteiger partial charge in [0.15, 0.2) is 0 Å². The van der Waals surface area contributed by atoms with E-state index in [-0.39, 0.29) is 23.4 Å². The maximum absolute atomic E-state index is 12.8. The van der Waals surface area contributed by atoms with Gasteiger partial charge in [-0.25, -0.2) is 13.1 Å². The topological polar surface area (TPSA) is 90.4 Å². The first-order valence-corrected chi connectivity index (χ1v) is 9.97. The standard InChI is InChI=1S/C17H24N4O3S.ClH/c18-9-4-12-24-16-7-10-20(11-8-16)25(22,23)17-13-19-21(14-17)15-5-2-1-3-6-15;/h1-3,5-6,13-14,16H,4,7-12,18H2;1H. The summed E-state index contributed by atoms with van der Waals surface area (Å²) in [7, 11) is -3.52. The lowest BCUT2D eigenvalue weighted by Crippen LogP contribution is -2.40. The van der Waals surface area contributed by atoms with Gasteiger partial charge in [0, 0.05) is 19.7 Å². The van der Waals surface area contributed by atoms with Crippen molar-refractivity contribution in [3.05, 3.63) is 42.7 Å². The van der Waals surface area contributed by atoms with E-state index < -0.39 is 10.0 Å². The number of sulfonamides is 1. The van der Waals surface area contributed by atoms with Crippen molar-refractivity contribution < 1.29 is 13.2 Å². The van der Waals surface area contributed by atoms with E-state index >= 15 is 0 Å². The SMILES string of the molecule is Cl.NCCCOC1CCN(S(=O)(=O)c2cnn(-c3ccccc3)c2)CC1. The van der Waals surface area contributed by atoms with E-state index in [1.54, 1.807) is 10.9 Å². The van der Waals surface area contributed by atoms with E-state index in [2.05, 4.69) is 5.10 Å². The van der Waals surface area contributed by atoms with Gasteiger partial charge in [-0.15, -0.1) is 12.4 Å². The number of nitrogens with two attached hydrogens (primary N) is 1. The number of piperidine rings is 1. The molecule has 0 amide bonds.